The van der Waals surface area contributed by atoms with Crippen LogP contribution in [0.5, 0.6) is 0 Å². The number of carbonyl (C=O) groups is 2. The van der Waals surface area contributed by atoms with E-state index < -0.39 is 17.1 Å². The van der Waals surface area contributed by atoms with E-state index in [0.717, 1.165) is 40.6 Å². The van der Waals surface area contributed by atoms with E-state index in [-0.39, 0.29) is 46.4 Å². The van der Waals surface area contributed by atoms with E-state index in [1.165, 1.54) is 11.8 Å². The molecular weight excluding hydrogens is 482 g/mol. The lowest BCUT2D eigenvalue weighted by molar-refractivity contribution is -0.179. The quantitative estimate of drug-likeness (QED) is 0.546. The van der Waals surface area contributed by atoms with Gasteiger partial charge in [0.25, 0.3) is 0 Å². The van der Waals surface area contributed by atoms with Crippen molar-refractivity contribution < 1.29 is 19.8 Å². The zero-order valence-electron chi connectivity index (χ0n) is 21.7. The monoisotopic (exact) mass is 517 g/mol. The van der Waals surface area contributed by atoms with E-state index >= 15 is 0 Å². The molecule has 0 saturated heterocycles. The lowest BCUT2D eigenvalue weighted by atomic mass is 9.46. The minimum absolute atomic E-state index is 0.0179. The third-order valence-corrected chi connectivity index (χ3v) is 11.5. The molecule has 3 fully saturated rings. The number of hydrogen-bond donors (Lipinski definition) is 2. The fourth-order valence-electron chi connectivity index (χ4n) is 8.70. The SMILES string of the molecule is C[C@@H]1CC2C3CCC4=CC(=O)C=CC4(C)C3C(O)CC2(C)[C@@]1(O)C(=O)CSc1cccc2cccnc12. The van der Waals surface area contributed by atoms with Crippen molar-refractivity contribution in [2.45, 2.75) is 63.1 Å². The minimum Gasteiger partial charge on any atom is -0.393 e. The lowest BCUT2D eigenvalue weighted by Crippen LogP contribution is -2.62. The Hall–Kier alpha value is -2.28. The Morgan fingerprint density at radius 1 is 1.22 bits per heavy atom. The van der Waals surface area contributed by atoms with Gasteiger partial charge in [0.05, 0.1) is 17.4 Å². The van der Waals surface area contributed by atoms with Gasteiger partial charge in [-0.1, -0.05) is 50.6 Å². The van der Waals surface area contributed by atoms with Crippen LogP contribution in [-0.4, -0.2) is 44.2 Å². The predicted molar refractivity (Wildman–Crippen MR) is 145 cm³/mol. The first-order chi connectivity index (χ1) is 17.6. The van der Waals surface area contributed by atoms with Gasteiger partial charge >= 0.3 is 0 Å². The van der Waals surface area contributed by atoms with Crippen molar-refractivity contribution in [1.29, 1.82) is 0 Å². The molecule has 6 heteroatoms. The number of Topliss-reactive ketones (excluding diaryl/α,β-unsaturated/α-hetero) is 1. The highest BCUT2D eigenvalue weighted by atomic mass is 32.2. The highest BCUT2D eigenvalue weighted by molar-refractivity contribution is 8.00. The number of fused-ring (bicyclic) bond motifs is 6. The number of ketones is 2. The Bertz CT molecular complexity index is 1350. The molecule has 0 radical (unpaired) electrons. The Morgan fingerprint density at radius 2 is 2.00 bits per heavy atom. The van der Waals surface area contributed by atoms with Gasteiger partial charge in [-0.25, -0.2) is 0 Å². The fraction of sp³-hybridized carbons (Fsp3) is 0.516. The van der Waals surface area contributed by atoms with Gasteiger partial charge in [0, 0.05) is 33.2 Å². The number of thioether (sulfide) groups is 1. The summed E-state index contributed by atoms with van der Waals surface area (Å²) in [5.41, 5.74) is -0.575. The maximum Gasteiger partial charge on any atom is 0.178 e. The number of aliphatic hydroxyl groups excluding tert-OH is 1. The summed E-state index contributed by atoms with van der Waals surface area (Å²) in [5.74, 6) is 0.148. The highest BCUT2D eigenvalue weighted by Gasteiger charge is 2.70. The average molecular weight is 518 g/mol. The van der Waals surface area contributed by atoms with Gasteiger partial charge in [0.2, 0.25) is 0 Å². The number of para-hydroxylation sites is 1. The van der Waals surface area contributed by atoms with Crippen molar-refractivity contribution in [3.05, 3.63) is 60.3 Å². The first-order valence-corrected chi connectivity index (χ1v) is 14.4. The Balaban J connectivity index is 1.29. The van der Waals surface area contributed by atoms with E-state index in [9.17, 15) is 19.8 Å². The van der Waals surface area contributed by atoms with Gasteiger partial charge in [0.1, 0.15) is 5.60 Å². The van der Waals surface area contributed by atoms with Crippen LogP contribution in [0.3, 0.4) is 0 Å². The number of allylic oxidation sites excluding steroid dienone is 4. The van der Waals surface area contributed by atoms with Crippen molar-refractivity contribution in [3.8, 4) is 0 Å². The first-order valence-electron chi connectivity index (χ1n) is 13.4. The van der Waals surface area contributed by atoms with Crippen molar-refractivity contribution in [1.82, 2.24) is 4.98 Å². The molecule has 6 rings (SSSR count). The molecule has 0 bridgehead atoms. The second kappa shape index (κ2) is 8.62. The van der Waals surface area contributed by atoms with E-state index in [1.807, 2.05) is 50.3 Å². The molecular formula is C31H35NO4S. The zero-order chi connectivity index (χ0) is 26.2. The molecule has 0 amide bonds. The number of aromatic nitrogens is 1. The van der Waals surface area contributed by atoms with Crippen LogP contribution in [0.1, 0.15) is 46.5 Å². The summed E-state index contributed by atoms with van der Waals surface area (Å²) in [6, 6.07) is 9.87. The first kappa shape index (κ1) is 25.0. The second-order valence-electron chi connectivity index (χ2n) is 12.2. The molecule has 8 atom stereocenters. The third kappa shape index (κ3) is 3.48. The van der Waals surface area contributed by atoms with E-state index in [1.54, 1.807) is 18.3 Å². The van der Waals surface area contributed by atoms with Gasteiger partial charge in [0.15, 0.2) is 11.6 Å². The van der Waals surface area contributed by atoms with Crippen LogP contribution in [0.2, 0.25) is 0 Å². The molecule has 4 aliphatic rings. The molecule has 2 aromatic rings. The standard InChI is InChI=1S/C31H35NO4S/c1-18-14-23-22-10-9-20-15-21(33)11-12-29(20,2)27(22)24(34)16-30(23,3)31(18,36)26(35)17-37-25-8-4-6-19-7-5-13-32-28(19)25/h4-8,11-13,15,18,22-24,27,34,36H,9-10,14,16-17H2,1-3H3/t18-,22?,23?,24?,27?,29?,30?,31+/m1/s1. The van der Waals surface area contributed by atoms with Crippen molar-refractivity contribution in [2.75, 3.05) is 5.75 Å². The van der Waals surface area contributed by atoms with Gasteiger partial charge in [-0.15, -0.1) is 11.8 Å². The zero-order valence-corrected chi connectivity index (χ0v) is 22.5. The summed E-state index contributed by atoms with van der Waals surface area (Å²) in [5, 5.41) is 24.9. The van der Waals surface area contributed by atoms with Crippen LogP contribution < -0.4 is 0 Å². The Labute approximate surface area is 222 Å². The van der Waals surface area contributed by atoms with Crippen molar-refractivity contribution in [3.63, 3.8) is 0 Å². The minimum atomic E-state index is -1.50. The van der Waals surface area contributed by atoms with E-state index in [2.05, 4.69) is 11.9 Å². The molecule has 4 aliphatic carbocycles. The van der Waals surface area contributed by atoms with Crippen LogP contribution in [0.4, 0.5) is 0 Å². The molecule has 5 nitrogen and oxygen atoms in total. The van der Waals surface area contributed by atoms with Gasteiger partial charge in [-0.05, 0) is 67.7 Å². The molecule has 1 heterocycles. The van der Waals surface area contributed by atoms with Gasteiger partial charge in [-0.3, -0.25) is 14.6 Å². The summed E-state index contributed by atoms with van der Waals surface area (Å²) in [7, 11) is 0. The Kier molecular flexibility index (Phi) is 5.83. The summed E-state index contributed by atoms with van der Waals surface area (Å²) in [6.45, 7) is 6.19. The third-order valence-electron chi connectivity index (χ3n) is 10.5. The lowest BCUT2D eigenvalue weighted by Gasteiger charge is -2.59. The largest absolute Gasteiger partial charge is 0.393 e. The maximum atomic E-state index is 13.9. The number of pyridine rings is 1. The number of benzene rings is 1. The molecule has 0 aliphatic heterocycles. The van der Waals surface area contributed by atoms with Gasteiger partial charge in [-0.2, -0.15) is 0 Å². The number of carbonyl (C=O) groups excluding carboxylic acids is 2. The second-order valence-corrected chi connectivity index (χ2v) is 13.2. The van der Waals surface area contributed by atoms with E-state index in [4.69, 9.17) is 0 Å². The summed E-state index contributed by atoms with van der Waals surface area (Å²) < 4.78 is 0. The number of nitrogens with zero attached hydrogens (tertiary/aromatic N) is 1. The molecule has 3 saturated carbocycles. The molecule has 1 aromatic carbocycles. The van der Waals surface area contributed by atoms with Crippen LogP contribution in [-0.2, 0) is 9.59 Å². The van der Waals surface area contributed by atoms with E-state index in [0.29, 0.717) is 6.42 Å². The number of aliphatic hydroxyl groups is 2. The average Bonchev–Trinajstić information content (AvgIpc) is 3.08. The topological polar surface area (TPSA) is 87.5 Å². The summed E-state index contributed by atoms with van der Waals surface area (Å²) in [6.07, 6.45) is 9.34. The molecule has 37 heavy (non-hydrogen) atoms. The van der Waals surface area contributed by atoms with Crippen LogP contribution >= 0.6 is 11.8 Å². The smallest absolute Gasteiger partial charge is 0.178 e. The number of hydrogen-bond acceptors (Lipinski definition) is 6. The summed E-state index contributed by atoms with van der Waals surface area (Å²) >= 11 is 1.44. The van der Waals surface area contributed by atoms with Crippen LogP contribution in [0, 0.1) is 34.5 Å². The molecule has 0 spiro atoms. The van der Waals surface area contributed by atoms with Gasteiger partial charge < -0.3 is 10.2 Å². The highest BCUT2D eigenvalue weighted by Crippen LogP contribution is 2.68. The van der Waals surface area contributed by atoms with Crippen LogP contribution in [0.25, 0.3) is 10.9 Å². The summed E-state index contributed by atoms with van der Waals surface area (Å²) in [4.78, 5) is 31.4. The van der Waals surface area contributed by atoms with Crippen LogP contribution in [0.15, 0.2) is 65.2 Å². The normalized spacial score (nSPS) is 40.6. The maximum absolute atomic E-state index is 13.9. The van der Waals surface area contributed by atoms with Crippen molar-refractivity contribution in [2.24, 2.45) is 34.5 Å². The van der Waals surface area contributed by atoms with Crippen molar-refractivity contribution >= 4 is 34.2 Å². The molecule has 194 valence electrons. The Morgan fingerprint density at radius 3 is 2.81 bits per heavy atom. The fourth-order valence-corrected chi connectivity index (χ4v) is 9.69. The molecule has 6 unspecified atom stereocenters. The number of rotatable bonds is 4. The molecule has 2 N–H and O–H groups in total. The predicted octanol–water partition coefficient (Wildman–Crippen LogP) is 5.15. The molecule has 1 aromatic heterocycles.